The first-order valence-corrected chi connectivity index (χ1v) is 10.6. The van der Waals surface area contributed by atoms with Gasteiger partial charge in [0.15, 0.2) is 11.6 Å². The molecule has 154 valence electrons. The zero-order valence-electron chi connectivity index (χ0n) is 15.6. The summed E-state index contributed by atoms with van der Waals surface area (Å²) >= 11 is 7.38. The van der Waals surface area contributed by atoms with Crippen LogP contribution in [0.25, 0.3) is 0 Å². The van der Waals surface area contributed by atoms with Gasteiger partial charge in [0, 0.05) is 40.2 Å². The van der Waals surface area contributed by atoms with Gasteiger partial charge in [0.25, 0.3) is 0 Å². The first-order valence-electron chi connectivity index (χ1n) is 9.20. The molecule has 4 nitrogen and oxygen atoms in total. The molecule has 1 heterocycles. The topological polar surface area (TPSA) is 46.6 Å². The number of amides is 1. The summed E-state index contributed by atoms with van der Waals surface area (Å²) in [6, 6.07) is 10.9. The minimum atomic E-state index is -0.965. The highest BCUT2D eigenvalue weighted by atomic mass is 35.5. The van der Waals surface area contributed by atoms with E-state index in [0.717, 1.165) is 11.0 Å². The number of carbonyl (C=O) groups excluding carboxylic acids is 2. The van der Waals surface area contributed by atoms with Gasteiger partial charge < -0.3 is 9.64 Å². The summed E-state index contributed by atoms with van der Waals surface area (Å²) in [5.41, 5.74) is 0.0954. The van der Waals surface area contributed by atoms with E-state index in [-0.39, 0.29) is 43.5 Å². The van der Waals surface area contributed by atoms with Crippen LogP contribution in [-0.2, 0) is 20.9 Å². The van der Waals surface area contributed by atoms with Crippen LogP contribution >= 0.6 is 23.4 Å². The molecule has 1 unspecified atom stereocenters. The second-order valence-electron chi connectivity index (χ2n) is 6.65. The molecule has 0 bridgehead atoms. The van der Waals surface area contributed by atoms with E-state index in [1.165, 1.54) is 17.0 Å². The largest absolute Gasteiger partial charge is 0.465 e. The van der Waals surface area contributed by atoms with Gasteiger partial charge in [-0.3, -0.25) is 9.59 Å². The van der Waals surface area contributed by atoms with Crippen molar-refractivity contribution in [3.8, 4) is 0 Å². The molecule has 1 amide bonds. The van der Waals surface area contributed by atoms with Crippen LogP contribution in [0.2, 0.25) is 5.02 Å². The van der Waals surface area contributed by atoms with Crippen molar-refractivity contribution in [1.82, 2.24) is 4.90 Å². The fourth-order valence-electron chi connectivity index (χ4n) is 3.17. The zero-order valence-corrected chi connectivity index (χ0v) is 17.1. The summed E-state index contributed by atoms with van der Waals surface area (Å²) in [5.74, 6) is -1.92. The SMILES string of the molecule is O=C(CC1CCC(=O)N1Cc1cccc(F)c1F)OCCSc1ccc(Cl)cc1. The minimum Gasteiger partial charge on any atom is -0.465 e. The van der Waals surface area contributed by atoms with Crippen molar-refractivity contribution in [2.24, 2.45) is 0 Å². The Morgan fingerprint density at radius 3 is 2.72 bits per heavy atom. The number of ether oxygens (including phenoxy) is 1. The molecule has 0 spiro atoms. The fourth-order valence-corrected chi connectivity index (χ4v) is 4.03. The molecular formula is C21H20ClF2NO3S. The summed E-state index contributed by atoms with van der Waals surface area (Å²) in [7, 11) is 0. The van der Waals surface area contributed by atoms with Gasteiger partial charge in [-0.05, 0) is 36.8 Å². The Morgan fingerprint density at radius 2 is 1.97 bits per heavy atom. The van der Waals surface area contributed by atoms with Crippen molar-refractivity contribution in [3.63, 3.8) is 0 Å². The quantitative estimate of drug-likeness (QED) is 0.335. The van der Waals surface area contributed by atoms with E-state index in [1.807, 2.05) is 12.1 Å². The van der Waals surface area contributed by atoms with Crippen molar-refractivity contribution >= 4 is 35.2 Å². The van der Waals surface area contributed by atoms with E-state index in [2.05, 4.69) is 0 Å². The molecule has 2 aromatic carbocycles. The third kappa shape index (κ3) is 5.93. The summed E-state index contributed by atoms with van der Waals surface area (Å²) < 4.78 is 32.6. The van der Waals surface area contributed by atoms with E-state index in [9.17, 15) is 18.4 Å². The molecule has 0 N–H and O–H groups in total. The van der Waals surface area contributed by atoms with Crippen molar-refractivity contribution in [2.75, 3.05) is 12.4 Å². The Morgan fingerprint density at radius 1 is 1.21 bits per heavy atom. The van der Waals surface area contributed by atoms with Crippen molar-refractivity contribution < 1.29 is 23.1 Å². The number of rotatable bonds is 8. The lowest BCUT2D eigenvalue weighted by atomic mass is 10.1. The van der Waals surface area contributed by atoms with Gasteiger partial charge in [-0.15, -0.1) is 11.8 Å². The molecule has 2 aromatic rings. The fraction of sp³-hybridized carbons (Fsp3) is 0.333. The molecule has 1 aliphatic rings. The highest BCUT2D eigenvalue weighted by Gasteiger charge is 2.33. The van der Waals surface area contributed by atoms with Crippen LogP contribution in [0.1, 0.15) is 24.8 Å². The van der Waals surface area contributed by atoms with Gasteiger partial charge in [-0.1, -0.05) is 23.7 Å². The standard InChI is InChI=1S/C21H20ClF2NO3S/c22-15-4-7-17(8-5-15)29-11-10-28-20(27)12-16-6-9-19(26)25(16)13-14-2-1-3-18(23)21(14)24/h1-5,7-8,16H,6,9-13H2. The van der Waals surface area contributed by atoms with Crippen LogP contribution in [0.15, 0.2) is 47.4 Å². The molecular weight excluding hydrogens is 420 g/mol. The van der Waals surface area contributed by atoms with Crippen molar-refractivity contribution in [2.45, 2.75) is 36.7 Å². The lowest BCUT2D eigenvalue weighted by molar-refractivity contribution is -0.144. The number of carbonyl (C=O) groups is 2. The summed E-state index contributed by atoms with van der Waals surface area (Å²) in [5, 5.41) is 0.662. The highest BCUT2D eigenvalue weighted by Crippen LogP contribution is 2.26. The third-order valence-electron chi connectivity index (χ3n) is 4.66. The Bertz CT molecular complexity index is 879. The second-order valence-corrected chi connectivity index (χ2v) is 8.26. The Hall–Kier alpha value is -2.12. The van der Waals surface area contributed by atoms with Crippen LogP contribution in [-0.4, -0.2) is 35.2 Å². The number of halogens is 3. The molecule has 29 heavy (non-hydrogen) atoms. The molecule has 0 saturated carbocycles. The molecule has 0 aromatic heterocycles. The van der Waals surface area contributed by atoms with E-state index >= 15 is 0 Å². The summed E-state index contributed by atoms with van der Waals surface area (Å²) in [4.78, 5) is 26.8. The number of hydrogen-bond donors (Lipinski definition) is 0. The molecule has 1 saturated heterocycles. The number of esters is 1. The van der Waals surface area contributed by atoms with Crippen molar-refractivity contribution in [1.29, 1.82) is 0 Å². The molecule has 0 aliphatic carbocycles. The second kappa shape index (κ2) is 10.1. The first kappa shape index (κ1) is 21.6. The molecule has 8 heteroatoms. The van der Waals surface area contributed by atoms with E-state index in [0.29, 0.717) is 17.2 Å². The maximum atomic E-state index is 13.9. The Kier molecular flexibility index (Phi) is 7.50. The monoisotopic (exact) mass is 439 g/mol. The molecule has 1 atom stereocenters. The lowest BCUT2D eigenvalue weighted by Crippen LogP contribution is -2.34. The average Bonchev–Trinajstić information content (AvgIpc) is 3.03. The number of hydrogen-bond acceptors (Lipinski definition) is 4. The average molecular weight is 440 g/mol. The van der Waals surface area contributed by atoms with Gasteiger partial charge in [-0.25, -0.2) is 8.78 Å². The third-order valence-corrected chi connectivity index (χ3v) is 5.88. The minimum absolute atomic E-state index is 0.0360. The number of thioether (sulfide) groups is 1. The number of benzene rings is 2. The smallest absolute Gasteiger partial charge is 0.307 e. The molecule has 1 fully saturated rings. The van der Waals surface area contributed by atoms with E-state index < -0.39 is 17.6 Å². The van der Waals surface area contributed by atoms with Gasteiger partial charge in [-0.2, -0.15) is 0 Å². The van der Waals surface area contributed by atoms with E-state index in [4.69, 9.17) is 16.3 Å². The van der Waals surface area contributed by atoms with Crippen LogP contribution in [0, 0.1) is 11.6 Å². The van der Waals surface area contributed by atoms with Crippen LogP contribution in [0.3, 0.4) is 0 Å². The zero-order chi connectivity index (χ0) is 20.8. The molecule has 1 aliphatic heterocycles. The van der Waals surface area contributed by atoms with Crippen LogP contribution in [0.4, 0.5) is 8.78 Å². The van der Waals surface area contributed by atoms with E-state index in [1.54, 1.807) is 23.9 Å². The van der Waals surface area contributed by atoms with Crippen molar-refractivity contribution in [3.05, 3.63) is 64.7 Å². The lowest BCUT2D eigenvalue weighted by Gasteiger charge is -2.24. The van der Waals surface area contributed by atoms with Crippen LogP contribution < -0.4 is 0 Å². The number of nitrogens with zero attached hydrogens (tertiary/aromatic N) is 1. The Labute approximate surface area is 177 Å². The maximum absolute atomic E-state index is 13.9. The first-order chi connectivity index (χ1) is 13.9. The van der Waals surface area contributed by atoms with Gasteiger partial charge in [0.2, 0.25) is 5.91 Å². The molecule has 3 rings (SSSR count). The number of likely N-dealkylation sites (tertiary alicyclic amines) is 1. The normalized spacial score (nSPS) is 16.3. The van der Waals surface area contributed by atoms with Gasteiger partial charge in [0.1, 0.15) is 6.61 Å². The summed E-state index contributed by atoms with van der Waals surface area (Å²) in [6.07, 6.45) is 0.806. The predicted molar refractivity (Wildman–Crippen MR) is 108 cm³/mol. The predicted octanol–water partition coefficient (Wildman–Crippen LogP) is 4.83. The van der Waals surface area contributed by atoms with Gasteiger partial charge >= 0.3 is 5.97 Å². The highest BCUT2D eigenvalue weighted by molar-refractivity contribution is 7.99. The van der Waals surface area contributed by atoms with Gasteiger partial charge in [0.05, 0.1) is 6.42 Å². The summed E-state index contributed by atoms with van der Waals surface area (Å²) in [6.45, 7) is 0.179. The maximum Gasteiger partial charge on any atom is 0.307 e. The molecule has 0 radical (unpaired) electrons. The Balaban J connectivity index is 1.47. The van der Waals surface area contributed by atoms with Crippen LogP contribution in [0.5, 0.6) is 0 Å².